The molecular weight excluding hydrogens is 426 g/mol. The van der Waals surface area contributed by atoms with Crippen LogP contribution in [0.5, 0.6) is 0 Å². The largest absolute Gasteiger partial charge is 0.434 e. The summed E-state index contributed by atoms with van der Waals surface area (Å²) >= 11 is 0. The highest BCUT2D eigenvalue weighted by Crippen LogP contribution is 2.46. The molecule has 2 fully saturated rings. The first-order valence-electron chi connectivity index (χ1n) is 11.9. The van der Waals surface area contributed by atoms with Crippen molar-refractivity contribution in [1.82, 2.24) is 15.1 Å². The first-order valence-corrected chi connectivity index (χ1v) is 11.9. The van der Waals surface area contributed by atoms with Crippen molar-refractivity contribution in [1.29, 1.82) is 0 Å². The Morgan fingerprint density at radius 2 is 1.47 bits per heavy atom. The molecule has 0 bridgehead atoms. The second kappa shape index (κ2) is 8.38. The van der Waals surface area contributed by atoms with E-state index in [0.717, 1.165) is 17.5 Å². The first kappa shape index (κ1) is 21.1. The Labute approximate surface area is 199 Å². The Bertz CT molecular complexity index is 1170. The summed E-state index contributed by atoms with van der Waals surface area (Å²) in [7, 11) is 0. The summed E-state index contributed by atoms with van der Waals surface area (Å²) < 4.78 is 6.27. The number of esters is 1. The van der Waals surface area contributed by atoms with Crippen LogP contribution in [0.1, 0.15) is 22.3 Å². The van der Waals surface area contributed by atoms with Crippen LogP contribution < -0.4 is 5.32 Å². The van der Waals surface area contributed by atoms with Crippen molar-refractivity contribution in [2.75, 3.05) is 19.6 Å². The summed E-state index contributed by atoms with van der Waals surface area (Å²) in [6, 6.07) is 26.8. The van der Waals surface area contributed by atoms with Crippen molar-refractivity contribution in [2.45, 2.75) is 30.8 Å². The van der Waals surface area contributed by atoms with Gasteiger partial charge in [-0.3, -0.25) is 9.59 Å². The van der Waals surface area contributed by atoms with Gasteiger partial charge in [0.15, 0.2) is 0 Å². The molecule has 3 aromatic rings. The molecule has 0 radical (unpaired) electrons. The van der Waals surface area contributed by atoms with E-state index in [9.17, 15) is 9.59 Å². The SMILES string of the molecule is O=C1OC(c2ccccc2)(c2ccccc2)N2C1CNCC2C(=O)N1CCc2ccccc2C1. The average molecular weight is 454 g/mol. The zero-order valence-corrected chi connectivity index (χ0v) is 18.9. The molecule has 2 saturated heterocycles. The fourth-order valence-electron chi connectivity index (χ4n) is 5.68. The maximum atomic E-state index is 14.0. The Balaban J connectivity index is 1.43. The minimum Gasteiger partial charge on any atom is -0.434 e. The fraction of sp³-hybridized carbons (Fsp3) is 0.286. The number of fused-ring (bicyclic) bond motifs is 2. The highest BCUT2D eigenvalue weighted by Gasteiger charge is 2.61. The van der Waals surface area contributed by atoms with E-state index in [-0.39, 0.29) is 11.9 Å². The molecule has 2 atom stereocenters. The quantitative estimate of drug-likeness (QED) is 0.618. The predicted molar refractivity (Wildman–Crippen MR) is 128 cm³/mol. The summed E-state index contributed by atoms with van der Waals surface area (Å²) in [6.45, 7) is 2.17. The smallest absolute Gasteiger partial charge is 0.327 e. The second-order valence-electron chi connectivity index (χ2n) is 9.17. The van der Waals surface area contributed by atoms with Crippen LogP contribution in [0.25, 0.3) is 0 Å². The Morgan fingerprint density at radius 3 is 2.15 bits per heavy atom. The number of cyclic esters (lactones) is 1. The molecule has 3 aromatic carbocycles. The van der Waals surface area contributed by atoms with Crippen LogP contribution in [0.2, 0.25) is 0 Å². The number of rotatable bonds is 3. The summed E-state index contributed by atoms with van der Waals surface area (Å²) in [5.41, 5.74) is 3.03. The lowest BCUT2D eigenvalue weighted by atomic mass is 9.89. The Kier molecular flexibility index (Phi) is 5.20. The van der Waals surface area contributed by atoms with Gasteiger partial charge in [0.1, 0.15) is 12.1 Å². The van der Waals surface area contributed by atoms with Crippen LogP contribution in [-0.2, 0) is 33.0 Å². The summed E-state index contributed by atoms with van der Waals surface area (Å²) in [6.07, 6.45) is 0.837. The molecular formula is C28H27N3O3. The van der Waals surface area contributed by atoms with Gasteiger partial charge in [-0.25, -0.2) is 4.90 Å². The lowest BCUT2D eigenvalue weighted by Crippen LogP contribution is -2.66. The third-order valence-corrected chi connectivity index (χ3v) is 7.29. The van der Waals surface area contributed by atoms with E-state index in [4.69, 9.17) is 4.74 Å². The number of hydrogen-bond donors (Lipinski definition) is 1. The van der Waals surface area contributed by atoms with Gasteiger partial charge >= 0.3 is 5.97 Å². The molecule has 2 unspecified atom stereocenters. The van der Waals surface area contributed by atoms with E-state index < -0.39 is 17.8 Å². The highest BCUT2D eigenvalue weighted by atomic mass is 16.6. The maximum Gasteiger partial charge on any atom is 0.327 e. The third-order valence-electron chi connectivity index (χ3n) is 7.29. The lowest BCUT2D eigenvalue weighted by molar-refractivity contribution is -0.156. The summed E-state index contributed by atoms with van der Waals surface area (Å²) in [4.78, 5) is 31.2. The number of ether oxygens (including phenoxy) is 1. The second-order valence-corrected chi connectivity index (χ2v) is 9.17. The third kappa shape index (κ3) is 3.25. The van der Waals surface area contributed by atoms with Crippen LogP contribution in [0.3, 0.4) is 0 Å². The van der Waals surface area contributed by atoms with Crippen LogP contribution in [0, 0.1) is 0 Å². The molecule has 6 rings (SSSR count). The van der Waals surface area contributed by atoms with Crippen LogP contribution in [-0.4, -0.2) is 53.4 Å². The number of nitrogens with one attached hydrogen (secondary N) is 1. The van der Waals surface area contributed by atoms with Crippen LogP contribution in [0.15, 0.2) is 84.9 Å². The minimum absolute atomic E-state index is 0.0289. The van der Waals surface area contributed by atoms with Gasteiger partial charge in [-0.1, -0.05) is 84.9 Å². The minimum atomic E-state index is -1.15. The van der Waals surface area contributed by atoms with Gasteiger partial charge in [-0.2, -0.15) is 0 Å². The molecule has 172 valence electrons. The molecule has 1 amide bonds. The maximum absolute atomic E-state index is 14.0. The predicted octanol–water partition coefficient (Wildman–Crippen LogP) is 2.67. The van der Waals surface area contributed by atoms with Gasteiger partial charge in [-0.05, 0) is 17.5 Å². The zero-order chi connectivity index (χ0) is 23.1. The number of hydrogen-bond acceptors (Lipinski definition) is 5. The Morgan fingerprint density at radius 1 is 0.853 bits per heavy atom. The van der Waals surface area contributed by atoms with Gasteiger partial charge in [0.2, 0.25) is 11.6 Å². The van der Waals surface area contributed by atoms with E-state index >= 15 is 0 Å². The van der Waals surface area contributed by atoms with Crippen molar-refractivity contribution < 1.29 is 14.3 Å². The van der Waals surface area contributed by atoms with E-state index in [1.54, 1.807) is 0 Å². The topological polar surface area (TPSA) is 61.9 Å². The Hall–Kier alpha value is -3.48. The van der Waals surface area contributed by atoms with Gasteiger partial charge in [0.25, 0.3) is 0 Å². The normalized spacial score (nSPS) is 23.6. The van der Waals surface area contributed by atoms with Crippen molar-refractivity contribution in [3.05, 3.63) is 107 Å². The molecule has 0 saturated carbocycles. The molecule has 0 aliphatic carbocycles. The molecule has 6 heteroatoms. The number of piperazine rings is 1. The summed E-state index contributed by atoms with van der Waals surface area (Å²) in [5, 5.41) is 3.33. The molecule has 1 N–H and O–H groups in total. The number of amides is 1. The fourth-order valence-corrected chi connectivity index (χ4v) is 5.68. The first-order chi connectivity index (χ1) is 16.7. The van der Waals surface area contributed by atoms with Crippen molar-refractivity contribution in [3.8, 4) is 0 Å². The number of carbonyl (C=O) groups excluding carboxylic acids is 2. The molecule has 0 spiro atoms. The van der Waals surface area contributed by atoms with E-state index in [2.05, 4.69) is 17.4 Å². The van der Waals surface area contributed by atoms with Crippen LogP contribution in [0.4, 0.5) is 0 Å². The van der Waals surface area contributed by atoms with Crippen LogP contribution >= 0.6 is 0 Å². The number of benzene rings is 3. The van der Waals surface area contributed by atoms with E-state index in [1.807, 2.05) is 82.6 Å². The van der Waals surface area contributed by atoms with Gasteiger partial charge in [-0.15, -0.1) is 0 Å². The lowest BCUT2D eigenvalue weighted by Gasteiger charge is -2.46. The van der Waals surface area contributed by atoms with E-state index in [0.29, 0.717) is 26.2 Å². The van der Waals surface area contributed by atoms with E-state index in [1.165, 1.54) is 11.1 Å². The number of nitrogens with zero attached hydrogens (tertiary/aromatic N) is 2. The highest BCUT2D eigenvalue weighted by molar-refractivity contribution is 5.87. The van der Waals surface area contributed by atoms with Gasteiger partial charge < -0.3 is 15.0 Å². The van der Waals surface area contributed by atoms with Gasteiger partial charge in [0, 0.05) is 37.3 Å². The molecule has 6 nitrogen and oxygen atoms in total. The monoisotopic (exact) mass is 453 g/mol. The molecule has 3 heterocycles. The molecule has 3 aliphatic heterocycles. The van der Waals surface area contributed by atoms with Crippen molar-refractivity contribution in [2.24, 2.45) is 0 Å². The molecule has 3 aliphatic rings. The zero-order valence-electron chi connectivity index (χ0n) is 18.9. The molecule has 34 heavy (non-hydrogen) atoms. The van der Waals surface area contributed by atoms with Crippen molar-refractivity contribution in [3.63, 3.8) is 0 Å². The number of carbonyl (C=O) groups is 2. The van der Waals surface area contributed by atoms with Gasteiger partial charge in [0.05, 0.1) is 0 Å². The summed E-state index contributed by atoms with van der Waals surface area (Å²) in [5.74, 6) is -0.275. The molecule has 0 aromatic heterocycles. The standard InChI is InChI=1S/C28H27N3O3/c32-26(30-16-15-20-9-7-8-10-21(20)19-30)24-17-29-18-25-27(33)34-28(31(24)25,22-11-3-1-4-12-22)23-13-5-2-6-14-23/h1-14,24-25,29H,15-19H2. The van der Waals surface area contributed by atoms with Crippen molar-refractivity contribution >= 4 is 11.9 Å². The average Bonchev–Trinajstić information content (AvgIpc) is 3.22.